The molecule has 0 atom stereocenters. The summed E-state index contributed by atoms with van der Waals surface area (Å²) < 4.78 is 0. The van der Waals surface area contributed by atoms with Crippen LogP contribution in [0.2, 0.25) is 0 Å². The van der Waals surface area contributed by atoms with E-state index in [1.54, 1.807) is 18.3 Å². The van der Waals surface area contributed by atoms with Gasteiger partial charge in [0.15, 0.2) is 0 Å². The summed E-state index contributed by atoms with van der Waals surface area (Å²) in [6.45, 7) is 5.95. The number of aromatic amines is 1. The summed E-state index contributed by atoms with van der Waals surface area (Å²) in [7, 11) is 0. The first-order chi connectivity index (χ1) is 15.8. The number of aryl methyl sites for hydroxylation is 1. The Kier molecular flexibility index (Phi) is 4.86. The van der Waals surface area contributed by atoms with Crippen molar-refractivity contribution in [1.82, 2.24) is 15.7 Å². The van der Waals surface area contributed by atoms with Gasteiger partial charge in [0.1, 0.15) is 0 Å². The smallest absolute Gasteiger partial charge is 0.272 e. The van der Waals surface area contributed by atoms with Crippen LogP contribution in [-0.4, -0.2) is 23.0 Å². The molecule has 0 spiro atoms. The van der Waals surface area contributed by atoms with E-state index in [-0.39, 0.29) is 11.8 Å². The molecule has 4 aromatic rings. The van der Waals surface area contributed by atoms with Crippen molar-refractivity contribution in [3.05, 3.63) is 94.5 Å². The summed E-state index contributed by atoms with van der Waals surface area (Å²) in [5, 5.41) is 7.95. The second-order valence-corrected chi connectivity index (χ2v) is 8.87. The molecular weight excluding hydrogens is 412 g/mol. The number of rotatable bonds is 4. The van der Waals surface area contributed by atoms with Crippen molar-refractivity contribution in [1.29, 1.82) is 0 Å². The van der Waals surface area contributed by atoms with Crippen LogP contribution in [0.5, 0.6) is 0 Å². The molecule has 0 bridgehead atoms. The zero-order valence-corrected chi connectivity index (χ0v) is 18.7. The lowest BCUT2D eigenvalue weighted by Crippen LogP contribution is -2.41. The number of amides is 2. The molecule has 1 aromatic heterocycles. The Morgan fingerprint density at radius 1 is 1.00 bits per heavy atom. The standard InChI is InChI=1S/C27H24N4O2/c1-16-9-11-19(12-10-16)27(2,3)30-25(32)18-13-20-23-21(15-28-31-26(20)33)24(29-22(23)14-18)17-7-5-4-6-8-17/h4-15,29H,1-3H3,(H,30,32)(H,31,33). The SMILES string of the molecule is Cc1ccc(C(C)(C)NC(=O)c2cc3c4c(c(-c5ccccc5)[nH]c4c2)C=NNC3=O)cc1. The topological polar surface area (TPSA) is 86.3 Å². The van der Waals surface area contributed by atoms with Crippen molar-refractivity contribution in [2.24, 2.45) is 5.10 Å². The molecule has 0 saturated carbocycles. The molecule has 0 aliphatic carbocycles. The average Bonchev–Trinajstić information content (AvgIpc) is 3.08. The number of carbonyl (C=O) groups excluding carboxylic acids is 2. The molecule has 0 saturated heterocycles. The number of benzene rings is 3. The number of nitrogens with one attached hydrogen (secondary N) is 3. The molecule has 1 aliphatic heterocycles. The molecule has 0 fully saturated rings. The second-order valence-electron chi connectivity index (χ2n) is 8.87. The Balaban J connectivity index is 1.59. The van der Waals surface area contributed by atoms with Gasteiger partial charge < -0.3 is 10.3 Å². The maximum Gasteiger partial charge on any atom is 0.272 e. The van der Waals surface area contributed by atoms with Crippen LogP contribution in [0.4, 0.5) is 0 Å². The van der Waals surface area contributed by atoms with E-state index in [1.807, 2.05) is 75.4 Å². The summed E-state index contributed by atoms with van der Waals surface area (Å²) in [4.78, 5) is 29.5. The molecule has 164 valence electrons. The van der Waals surface area contributed by atoms with Crippen LogP contribution < -0.4 is 10.7 Å². The Morgan fingerprint density at radius 3 is 2.45 bits per heavy atom. The van der Waals surface area contributed by atoms with Crippen molar-refractivity contribution < 1.29 is 9.59 Å². The number of aromatic nitrogens is 1. The molecule has 2 amide bonds. The Bertz CT molecular complexity index is 1410. The lowest BCUT2D eigenvalue weighted by atomic mass is 9.92. The molecule has 6 heteroatoms. The first kappa shape index (κ1) is 20.7. The van der Waals surface area contributed by atoms with E-state index >= 15 is 0 Å². The summed E-state index contributed by atoms with van der Waals surface area (Å²) in [5.74, 6) is -0.602. The number of hydrogen-bond acceptors (Lipinski definition) is 3. The molecule has 5 rings (SSSR count). The molecule has 0 unspecified atom stereocenters. The normalized spacial score (nSPS) is 13.0. The fourth-order valence-electron chi connectivity index (χ4n) is 4.24. The summed E-state index contributed by atoms with van der Waals surface area (Å²) in [6.07, 6.45) is 1.65. The van der Waals surface area contributed by atoms with E-state index in [9.17, 15) is 9.59 Å². The van der Waals surface area contributed by atoms with Gasteiger partial charge >= 0.3 is 0 Å². The van der Waals surface area contributed by atoms with Crippen molar-refractivity contribution >= 4 is 28.9 Å². The van der Waals surface area contributed by atoms with Crippen LogP contribution >= 0.6 is 0 Å². The minimum atomic E-state index is -0.588. The molecular formula is C27H24N4O2. The van der Waals surface area contributed by atoms with E-state index in [2.05, 4.69) is 20.8 Å². The first-order valence-electron chi connectivity index (χ1n) is 10.8. The zero-order valence-electron chi connectivity index (χ0n) is 18.7. The third-order valence-electron chi connectivity index (χ3n) is 6.07. The molecule has 33 heavy (non-hydrogen) atoms. The Hall–Kier alpha value is -4.19. The molecule has 3 N–H and O–H groups in total. The van der Waals surface area contributed by atoms with E-state index in [4.69, 9.17) is 0 Å². The van der Waals surface area contributed by atoms with E-state index < -0.39 is 5.54 Å². The molecule has 6 nitrogen and oxygen atoms in total. The molecule has 0 radical (unpaired) electrons. The van der Waals surface area contributed by atoms with Gasteiger partial charge in [-0.3, -0.25) is 9.59 Å². The average molecular weight is 437 g/mol. The van der Waals surface area contributed by atoms with Gasteiger partial charge in [-0.05, 0) is 44.0 Å². The highest BCUT2D eigenvalue weighted by Gasteiger charge is 2.27. The van der Waals surface area contributed by atoms with Crippen molar-refractivity contribution in [2.45, 2.75) is 26.3 Å². The molecule has 1 aliphatic rings. The minimum Gasteiger partial charge on any atom is -0.354 e. The van der Waals surface area contributed by atoms with Crippen LogP contribution in [0.25, 0.3) is 22.2 Å². The number of nitrogens with zero attached hydrogens (tertiary/aromatic N) is 1. The highest BCUT2D eigenvalue weighted by molar-refractivity contribution is 6.18. The quantitative estimate of drug-likeness (QED) is 0.426. The van der Waals surface area contributed by atoms with Gasteiger partial charge in [0.05, 0.1) is 23.0 Å². The maximum absolute atomic E-state index is 13.3. The van der Waals surface area contributed by atoms with E-state index in [0.717, 1.165) is 33.3 Å². The van der Waals surface area contributed by atoms with Gasteiger partial charge in [0.2, 0.25) is 0 Å². The Morgan fingerprint density at radius 2 is 1.73 bits per heavy atom. The van der Waals surface area contributed by atoms with Crippen LogP contribution in [0, 0.1) is 6.92 Å². The number of hydrazone groups is 1. The van der Waals surface area contributed by atoms with Crippen LogP contribution in [0.15, 0.2) is 71.8 Å². The zero-order chi connectivity index (χ0) is 23.2. The summed E-state index contributed by atoms with van der Waals surface area (Å²) in [6, 6.07) is 21.4. The monoisotopic (exact) mass is 436 g/mol. The first-order valence-corrected chi connectivity index (χ1v) is 10.8. The van der Waals surface area contributed by atoms with E-state index in [0.29, 0.717) is 16.6 Å². The largest absolute Gasteiger partial charge is 0.354 e. The van der Waals surface area contributed by atoms with Crippen LogP contribution in [0.1, 0.15) is 51.3 Å². The maximum atomic E-state index is 13.3. The van der Waals surface area contributed by atoms with Gasteiger partial charge in [0, 0.05) is 22.0 Å². The third-order valence-corrected chi connectivity index (χ3v) is 6.07. The van der Waals surface area contributed by atoms with E-state index in [1.165, 1.54) is 0 Å². The predicted molar refractivity (Wildman–Crippen MR) is 130 cm³/mol. The third kappa shape index (κ3) is 3.69. The van der Waals surface area contributed by atoms with Crippen molar-refractivity contribution in [3.8, 4) is 11.3 Å². The summed E-state index contributed by atoms with van der Waals surface area (Å²) in [5.41, 5.74) is 8.29. The fraction of sp³-hybridized carbons (Fsp3) is 0.148. The number of carbonyl (C=O) groups is 2. The number of hydrogen-bond donors (Lipinski definition) is 3. The number of H-pyrrole nitrogens is 1. The van der Waals surface area contributed by atoms with Gasteiger partial charge in [-0.2, -0.15) is 5.10 Å². The van der Waals surface area contributed by atoms with Gasteiger partial charge in [0.25, 0.3) is 11.8 Å². The predicted octanol–water partition coefficient (Wildman–Crippen LogP) is 4.89. The van der Waals surface area contributed by atoms with Gasteiger partial charge in [-0.15, -0.1) is 0 Å². The van der Waals surface area contributed by atoms with Crippen LogP contribution in [0.3, 0.4) is 0 Å². The minimum absolute atomic E-state index is 0.255. The highest BCUT2D eigenvalue weighted by Crippen LogP contribution is 2.33. The molecule has 3 aromatic carbocycles. The Labute approximate surface area is 191 Å². The lowest BCUT2D eigenvalue weighted by Gasteiger charge is -2.27. The second kappa shape index (κ2) is 7.74. The van der Waals surface area contributed by atoms with Crippen molar-refractivity contribution in [2.75, 3.05) is 0 Å². The fourth-order valence-corrected chi connectivity index (χ4v) is 4.24. The van der Waals surface area contributed by atoms with Gasteiger partial charge in [-0.1, -0.05) is 60.2 Å². The highest BCUT2D eigenvalue weighted by atomic mass is 16.2. The van der Waals surface area contributed by atoms with Crippen molar-refractivity contribution in [3.63, 3.8) is 0 Å². The summed E-state index contributed by atoms with van der Waals surface area (Å²) >= 11 is 0. The molecule has 2 heterocycles. The van der Waals surface area contributed by atoms with Crippen LogP contribution in [-0.2, 0) is 5.54 Å². The lowest BCUT2D eigenvalue weighted by molar-refractivity contribution is 0.0912. The van der Waals surface area contributed by atoms with Gasteiger partial charge in [-0.25, -0.2) is 5.43 Å².